The summed E-state index contributed by atoms with van der Waals surface area (Å²) in [4.78, 5) is 30.9. The molecular formula is C17H27N7O4. The molecule has 4 heterocycles. The third-order valence-electron chi connectivity index (χ3n) is 6.17. The third-order valence-corrected chi connectivity index (χ3v) is 6.17. The maximum Gasteiger partial charge on any atom is 0.236 e. The van der Waals surface area contributed by atoms with E-state index in [0.29, 0.717) is 65.4 Å². The van der Waals surface area contributed by atoms with Crippen molar-refractivity contribution in [3.63, 3.8) is 0 Å². The van der Waals surface area contributed by atoms with Crippen molar-refractivity contribution in [1.82, 2.24) is 34.9 Å². The average Bonchev–Trinajstić information content (AvgIpc) is 3.41. The smallest absolute Gasteiger partial charge is 0.236 e. The van der Waals surface area contributed by atoms with E-state index in [1.54, 1.807) is 0 Å². The molecule has 4 rings (SSSR count). The van der Waals surface area contributed by atoms with Crippen LogP contribution >= 0.6 is 0 Å². The number of fused-ring (bicyclic) bond motifs is 1. The number of tetrazole rings is 1. The molecule has 28 heavy (non-hydrogen) atoms. The second-order valence-electron chi connectivity index (χ2n) is 7.98. The Kier molecular flexibility index (Phi) is 5.56. The summed E-state index contributed by atoms with van der Waals surface area (Å²) in [5.41, 5.74) is -0.338. The van der Waals surface area contributed by atoms with E-state index in [1.165, 1.54) is 11.0 Å². The summed E-state index contributed by atoms with van der Waals surface area (Å²) >= 11 is 0. The Bertz CT molecular complexity index is 694. The predicted octanol–water partition coefficient (Wildman–Crippen LogP) is -2.33. The second-order valence-corrected chi connectivity index (χ2v) is 7.98. The Labute approximate surface area is 163 Å². The van der Waals surface area contributed by atoms with Gasteiger partial charge in [-0.15, -0.1) is 5.10 Å². The highest BCUT2D eigenvalue weighted by Crippen LogP contribution is 2.42. The first-order valence-corrected chi connectivity index (χ1v) is 9.77. The number of amides is 2. The molecule has 0 saturated carbocycles. The molecule has 11 heteroatoms. The normalized spacial score (nSPS) is 28.0. The van der Waals surface area contributed by atoms with Crippen molar-refractivity contribution in [2.75, 3.05) is 65.6 Å². The lowest BCUT2D eigenvalue weighted by Crippen LogP contribution is -2.46. The summed E-state index contributed by atoms with van der Waals surface area (Å²) in [7, 11) is 0. The zero-order valence-corrected chi connectivity index (χ0v) is 15.9. The lowest BCUT2D eigenvalue weighted by molar-refractivity contribution is -0.136. The summed E-state index contributed by atoms with van der Waals surface area (Å²) in [5, 5.41) is 21.0. The fourth-order valence-corrected chi connectivity index (χ4v) is 4.58. The number of nitrogens with zero attached hydrogens (tertiary/aromatic N) is 7. The molecule has 0 spiro atoms. The standard InChI is InChI=1S/C17H27N7O4/c25-12-17-10-21(9-16(27)22-3-5-28-6-4-22)7-14(17)8-23(11-17)15(26)1-2-24-13-18-19-20-24/h13-14,25H,1-12H2. The topological polar surface area (TPSA) is 117 Å². The van der Waals surface area contributed by atoms with Crippen molar-refractivity contribution in [2.24, 2.45) is 11.3 Å². The summed E-state index contributed by atoms with van der Waals surface area (Å²) in [6.07, 6.45) is 1.82. The zero-order valence-electron chi connectivity index (χ0n) is 15.9. The van der Waals surface area contributed by atoms with Gasteiger partial charge in [-0.25, -0.2) is 4.68 Å². The summed E-state index contributed by atoms with van der Waals surface area (Å²) in [5.74, 6) is 0.353. The number of aryl methyl sites for hydroxylation is 1. The SMILES string of the molecule is O=C(CN1CC2CN(C(=O)CCn3cnnn3)CC2(CO)C1)N1CCOCC1. The third kappa shape index (κ3) is 3.87. The second kappa shape index (κ2) is 8.10. The van der Waals surface area contributed by atoms with Crippen LogP contribution in [0, 0.1) is 11.3 Å². The minimum Gasteiger partial charge on any atom is -0.396 e. The minimum absolute atomic E-state index is 0.0245. The Morgan fingerprint density at radius 3 is 2.64 bits per heavy atom. The van der Waals surface area contributed by atoms with Gasteiger partial charge in [0.1, 0.15) is 6.33 Å². The summed E-state index contributed by atoms with van der Waals surface area (Å²) < 4.78 is 6.84. The van der Waals surface area contributed by atoms with Crippen molar-refractivity contribution in [3.8, 4) is 0 Å². The van der Waals surface area contributed by atoms with Gasteiger partial charge in [0.2, 0.25) is 11.8 Å². The number of hydrogen-bond acceptors (Lipinski definition) is 8. The quantitative estimate of drug-likeness (QED) is 0.572. The van der Waals surface area contributed by atoms with E-state index in [9.17, 15) is 14.7 Å². The van der Waals surface area contributed by atoms with Gasteiger partial charge in [-0.1, -0.05) is 0 Å². The molecule has 0 radical (unpaired) electrons. The average molecular weight is 393 g/mol. The molecule has 3 saturated heterocycles. The first kappa shape index (κ1) is 19.2. The van der Waals surface area contributed by atoms with Crippen LogP contribution in [0.1, 0.15) is 6.42 Å². The van der Waals surface area contributed by atoms with Crippen LogP contribution in [0.2, 0.25) is 0 Å². The molecule has 3 aliphatic heterocycles. The molecule has 2 atom stereocenters. The fraction of sp³-hybridized carbons (Fsp3) is 0.824. The van der Waals surface area contributed by atoms with Gasteiger partial charge in [0.25, 0.3) is 0 Å². The Balaban J connectivity index is 1.30. The molecule has 154 valence electrons. The highest BCUT2D eigenvalue weighted by molar-refractivity contribution is 5.78. The van der Waals surface area contributed by atoms with Crippen molar-refractivity contribution < 1.29 is 19.4 Å². The number of likely N-dealkylation sites (tertiary alicyclic amines) is 2. The number of morpholine rings is 1. The first-order chi connectivity index (χ1) is 13.6. The molecular weight excluding hydrogens is 366 g/mol. The number of aliphatic hydroxyl groups excluding tert-OH is 1. The van der Waals surface area contributed by atoms with Gasteiger partial charge >= 0.3 is 0 Å². The maximum atomic E-state index is 12.6. The van der Waals surface area contributed by atoms with Crippen LogP contribution in [0.3, 0.4) is 0 Å². The number of hydrogen-bond donors (Lipinski definition) is 1. The van der Waals surface area contributed by atoms with Crippen LogP contribution < -0.4 is 0 Å². The van der Waals surface area contributed by atoms with Crippen LogP contribution in [0.5, 0.6) is 0 Å². The van der Waals surface area contributed by atoms with Gasteiger partial charge < -0.3 is 19.6 Å². The van der Waals surface area contributed by atoms with Crippen molar-refractivity contribution in [3.05, 3.63) is 6.33 Å². The summed E-state index contributed by atoms with van der Waals surface area (Å²) in [6, 6.07) is 0. The molecule has 1 aromatic rings. The Hall–Kier alpha value is -2.11. The minimum atomic E-state index is -0.338. The van der Waals surface area contributed by atoms with E-state index in [-0.39, 0.29) is 29.8 Å². The number of rotatable bonds is 6. The van der Waals surface area contributed by atoms with Crippen molar-refractivity contribution in [1.29, 1.82) is 0 Å². The van der Waals surface area contributed by atoms with Gasteiger partial charge in [-0.3, -0.25) is 14.5 Å². The van der Waals surface area contributed by atoms with Gasteiger partial charge in [0, 0.05) is 51.1 Å². The Morgan fingerprint density at radius 2 is 1.96 bits per heavy atom. The van der Waals surface area contributed by atoms with Crippen LogP contribution in [0.25, 0.3) is 0 Å². The number of aliphatic hydroxyl groups is 1. The lowest BCUT2D eigenvalue weighted by atomic mass is 9.82. The van der Waals surface area contributed by atoms with E-state index >= 15 is 0 Å². The first-order valence-electron chi connectivity index (χ1n) is 9.77. The van der Waals surface area contributed by atoms with E-state index in [4.69, 9.17) is 4.74 Å². The molecule has 3 fully saturated rings. The lowest BCUT2D eigenvalue weighted by Gasteiger charge is -2.30. The molecule has 1 aromatic heterocycles. The zero-order chi connectivity index (χ0) is 19.6. The molecule has 0 bridgehead atoms. The van der Waals surface area contributed by atoms with Crippen molar-refractivity contribution in [2.45, 2.75) is 13.0 Å². The van der Waals surface area contributed by atoms with Crippen molar-refractivity contribution >= 4 is 11.8 Å². The fourth-order valence-electron chi connectivity index (χ4n) is 4.58. The molecule has 0 aromatic carbocycles. The van der Waals surface area contributed by atoms with Gasteiger partial charge in [-0.05, 0) is 16.3 Å². The van der Waals surface area contributed by atoms with Crippen LogP contribution in [0.15, 0.2) is 6.33 Å². The van der Waals surface area contributed by atoms with Crippen LogP contribution in [-0.4, -0.2) is 117 Å². The largest absolute Gasteiger partial charge is 0.396 e. The number of carbonyl (C=O) groups is 2. The predicted molar refractivity (Wildman–Crippen MR) is 95.9 cm³/mol. The monoisotopic (exact) mass is 393 g/mol. The molecule has 11 nitrogen and oxygen atoms in total. The summed E-state index contributed by atoms with van der Waals surface area (Å²) in [6.45, 7) is 5.83. The highest BCUT2D eigenvalue weighted by atomic mass is 16.5. The molecule has 0 aliphatic carbocycles. The van der Waals surface area contributed by atoms with E-state index < -0.39 is 0 Å². The number of ether oxygens (including phenoxy) is 1. The Morgan fingerprint density at radius 1 is 1.14 bits per heavy atom. The number of carbonyl (C=O) groups excluding carboxylic acids is 2. The van der Waals surface area contributed by atoms with E-state index in [0.717, 1.165) is 6.54 Å². The number of aromatic nitrogens is 4. The van der Waals surface area contributed by atoms with Gasteiger partial charge in [0.15, 0.2) is 0 Å². The van der Waals surface area contributed by atoms with E-state index in [2.05, 4.69) is 20.4 Å². The molecule has 2 unspecified atom stereocenters. The maximum absolute atomic E-state index is 12.6. The van der Waals surface area contributed by atoms with Crippen LogP contribution in [0.4, 0.5) is 0 Å². The van der Waals surface area contributed by atoms with E-state index in [1.807, 2.05) is 9.80 Å². The van der Waals surface area contributed by atoms with Gasteiger partial charge in [-0.2, -0.15) is 0 Å². The van der Waals surface area contributed by atoms with Crippen LogP contribution in [-0.2, 0) is 20.9 Å². The molecule has 3 aliphatic rings. The highest BCUT2D eigenvalue weighted by Gasteiger charge is 2.53. The molecule has 2 amide bonds. The molecule has 1 N–H and O–H groups in total. The van der Waals surface area contributed by atoms with Gasteiger partial charge in [0.05, 0.1) is 32.9 Å².